The first-order valence-corrected chi connectivity index (χ1v) is 5.52. The summed E-state index contributed by atoms with van der Waals surface area (Å²) in [4.78, 5) is 3.27. The summed E-state index contributed by atoms with van der Waals surface area (Å²) in [6, 6.07) is 4.21. The van der Waals surface area contributed by atoms with Crippen molar-refractivity contribution in [2.24, 2.45) is 5.73 Å². The number of hydrogen-bond donors (Lipinski definition) is 2. The maximum atomic E-state index is 5.85. The Kier molecular flexibility index (Phi) is 2.88. The maximum absolute atomic E-state index is 5.85. The summed E-state index contributed by atoms with van der Waals surface area (Å²) in [5, 5.41) is 1.25. The number of fused-ring (bicyclic) bond motifs is 1. The van der Waals surface area contributed by atoms with Crippen LogP contribution >= 0.6 is 0 Å². The van der Waals surface area contributed by atoms with Crippen molar-refractivity contribution in [1.82, 2.24) is 4.98 Å². The smallest absolute Gasteiger partial charge is 0.122 e. The summed E-state index contributed by atoms with van der Waals surface area (Å²) in [7, 11) is 1.70. The normalized spacial score (nSPS) is 13.0. The Hall–Kier alpha value is -1.48. The predicted octanol–water partition coefficient (Wildman–Crippen LogP) is 2.37. The van der Waals surface area contributed by atoms with Gasteiger partial charge in [-0.1, -0.05) is 0 Å². The molecule has 0 aliphatic rings. The summed E-state index contributed by atoms with van der Waals surface area (Å²) in [5.41, 5.74) is 9.44. The predicted molar refractivity (Wildman–Crippen MR) is 66.9 cm³/mol. The number of aromatic amines is 1. The van der Waals surface area contributed by atoms with Gasteiger partial charge in [0.05, 0.1) is 7.11 Å². The van der Waals surface area contributed by atoms with E-state index in [0.29, 0.717) is 0 Å². The number of H-pyrrole nitrogens is 1. The third-order valence-corrected chi connectivity index (χ3v) is 2.90. The van der Waals surface area contributed by atoms with E-state index < -0.39 is 0 Å². The lowest BCUT2D eigenvalue weighted by Crippen LogP contribution is -2.17. The minimum atomic E-state index is 0.171. The molecular weight excluding hydrogens is 200 g/mol. The van der Waals surface area contributed by atoms with Crippen LogP contribution in [0.15, 0.2) is 18.3 Å². The number of aromatic nitrogens is 1. The molecule has 3 N–H and O–H groups in total. The second-order valence-electron chi connectivity index (χ2n) is 4.31. The molecule has 0 spiro atoms. The molecule has 1 aromatic carbocycles. The van der Waals surface area contributed by atoms with Crippen molar-refractivity contribution >= 4 is 10.9 Å². The molecule has 1 heterocycles. The number of nitrogens with two attached hydrogens (primary N) is 1. The fourth-order valence-corrected chi connectivity index (χ4v) is 2.19. The third-order valence-electron chi connectivity index (χ3n) is 2.90. The van der Waals surface area contributed by atoms with Crippen LogP contribution in [0, 0.1) is 6.92 Å². The Balaban J connectivity index is 2.59. The number of nitrogens with one attached hydrogen (secondary N) is 1. The minimum absolute atomic E-state index is 0.171. The van der Waals surface area contributed by atoms with Crippen molar-refractivity contribution in [2.75, 3.05) is 7.11 Å². The van der Waals surface area contributed by atoms with Crippen molar-refractivity contribution in [3.63, 3.8) is 0 Å². The average molecular weight is 218 g/mol. The molecule has 3 nitrogen and oxygen atoms in total. The number of methoxy groups -OCH3 is 1. The van der Waals surface area contributed by atoms with Crippen LogP contribution in [0.2, 0.25) is 0 Å². The van der Waals surface area contributed by atoms with E-state index >= 15 is 0 Å². The van der Waals surface area contributed by atoms with Crippen molar-refractivity contribution in [3.8, 4) is 5.75 Å². The quantitative estimate of drug-likeness (QED) is 0.831. The van der Waals surface area contributed by atoms with Crippen molar-refractivity contribution in [2.45, 2.75) is 26.3 Å². The van der Waals surface area contributed by atoms with Gasteiger partial charge >= 0.3 is 0 Å². The van der Waals surface area contributed by atoms with Gasteiger partial charge in [-0.2, -0.15) is 0 Å². The molecule has 0 bridgehead atoms. The summed E-state index contributed by atoms with van der Waals surface area (Å²) >= 11 is 0. The zero-order chi connectivity index (χ0) is 11.7. The molecule has 3 heteroatoms. The summed E-state index contributed by atoms with van der Waals surface area (Å²) in [6.07, 6.45) is 2.93. The molecule has 0 radical (unpaired) electrons. The first-order valence-electron chi connectivity index (χ1n) is 5.52. The summed E-state index contributed by atoms with van der Waals surface area (Å²) < 4.78 is 5.34. The number of benzene rings is 1. The van der Waals surface area contributed by atoms with Gasteiger partial charge in [-0.25, -0.2) is 0 Å². The van der Waals surface area contributed by atoms with Gasteiger partial charge in [0.1, 0.15) is 5.75 Å². The first-order chi connectivity index (χ1) is 7.63. The van der Waals surface area contributed by atoms with Crippen LogP contribution < -0.4 is 10.5 Å². The topological polar surface area (TPSA) is 51.0 Å². The molecule has 2 aromatic rings. The standard InChI is InChI=1S/C13H18N2O/c1-8(14)6-10-7-15-11-4-5-12(16-3)9(2)13(10)11/h4-5,7-8,15H,6,14H2,1-3H3/t8-/m0/s1. The summed E-state index contributed by atoms with van der Waals surface area (Å²) in [6.45, 7) is 4.11. The molecule has 86 valence electrons. The largest absolute Gasteiger partial charge is 0.496 e. The van der Waals surface area contributed by atoms with E-state index in [4.69, 9.17) is 10.5 Å². The van der Waals surface area contributed by atoms with Gasteiger partial charge in [0.25, 0.3) is 0 Å². The molecule has 1 aromatic heterocycles. The Labute approximate surface area is 95.6 Å². The second kappa shape index (κ2) is 4.18. The van der Waals surface area contributed by atoms with Gasteiger partial charge in [-0.3, -0.25) is 0 Å². The fraction of sp³-hybridized carbons (Fsp3) is 0.385. The maximum Gasteiger partial charge on any atom is 0.122 e. The van der Waals surface area contributed by atoms with E-state index in [0.717, 1.165) is 17.7 Å². The molecule has 2 rings (SSSR count). The molecule has 1 atom stereocenters. The average Bonchev–Trinajstić information content (AvgIpc) is 2.62. The lowest BCUT2D eigenvalue weighted by molar-refractivity contribution is 0.412. The zero-order valence-corrected chi connectivity index (χ0v) is 10.0. The third kappa shape index (κ3) is 1.78. The van der Waals surface area contributed by atoms with Gasteiger partial charge in [0.15, 0.2) is 0 Å². The molecule has 0 aliphatic carbocycles. The molecule has 0 amide bonds. The van der Waals surface area contributed by atoms with E-state index in [1.807, 2.05) is 25.3 Å². The van der Waals surface area contributed by atoms with E-state index in [-0.39, 0.29) is 6.04 Å². The number of aryl methyl sites for hydroxylation is 1. The number of hydrogen-bond acceptors (Lipinski definition) is 2. The van der Waals surface area contributed by atoms with E-state index in [2.05, 4.69) is 11.9 Å². The number of rotatable bonds is 3. The van der Waals surface area contributed by atoms with Crippen LogP contribution in [-0.4, -0.2) is 18.1 Å². The van der Waals surface area contributed by atoms with E-state index in [1.165, 1.54) is 16.5 Å². The Morgan fingerprint density at radius 2 is 2.19 bits per heavy atom. The van der Waals surface area contributed by atoms with Gasteiger partial charge in [0.2, 0.25) is 0 Å². The van der Waals surface area contributed by atoms with Crippen molar-refractivity contribution < 1.29 is 4.74 Å². The molecule has 16 heavy (non-hydrogen) atoms. The van der Waals surface area contributed by atoms with Gasteiger partial charge in [-0.05, 0) is 38.0 Å². The van der Waals surface area contributed by atoms with Crippen LogP contribution in [0.25, 0.3) is 10.9 Å². The van der Waals surface area contributed by atoms with Crippen LogP contribution in [0.4, 0.5) is 0 Å². The van der Waals surface area contributed by atoms with Gasteiger partial charge < -0.3 is 15.5 Å². The Bertz CT molecular complexity index is 500. The van der Waals surface area contributed by atoms with Gasteiger partial charge in [0, 0.05) is 28.7 Å². The molecule has 0 fully saturated rings. The van der Waals surface area contributed by atoms with Gasteiger partial charge in [-0.15, -0.1) is 0 Å². The lowest BCUT2D eigenvalue weighted by atomic mass is 10.0. The van der Waals surface area contributed by atoms with E-state index in [1.54, 1.807) is 7.11 Å². The van der Waals surface area contributed by atoms with Crippen LogP contribution in [-0.2, 0) is 6.42 Å². The highest BCUT2D eigenvalue weighted by Crippen LogP contribution is 2.29. The fourth-order valence-electron chi connectivity index (χ4n) is 2.19. The molecule has 0 unspecified atom stereocenters. The molecule has 0 saturated heterocycles. The van der Waals surface area contributed by atoms with E-state index in [9.17, 15) is 0 Å². The molecule has 0 aliphatic heterocycles. The molecule has 0 saturated carbocycles. The highest BCUT2D eigenvalue weighted by atomic mass is 16.5. The minimum Gasteiger partial charge on any atom is -0.496 e. The highest BCUT2D eigenvalue weighted by Gasteiger charge is 2.11. The summed E-state index contributed by atoms with van der Waals surface area (Å²) in [5.74, 6) is 0.929. The Morgan fingerprint density at radius 1 is 1.44 bits per heavy atom. The molecular formula is C13H18N2O. The zero-order valence-electron chi connectivity index (χ0n) is 10.0. The highest BCUT2D eigenvalue weighted by molar-refractivity contribution is 5.88. The monoisotopic (exact) mass is 218 g/mol. The van der Waals surface area contributed by atoms with Crippen LogP contribution in [0.1, 0.15) is 18.1 Å². The van der Waals surface area contributed by atoms with Crippen molar-refractivity contribution in [3.05, 3.63) is 29.5 Å². The lowest BCUT2D eigenvalue weighted by Gasteiger charge is -2.08. The van der Waals surface area contributed by atoms with Crippen LogP contribution in [0.5, 0.6) is 5.75 Å². The number of ether oxygens (including phenoxy) is 1. The van der Waals surface area contributed by atoms with Crippen LogP contribution in [0.3, 0.4) is 0 Å². The first kappa shape index (κ1) is 11.0. The SMILES string of the molecule is COc1ccc2[nH]cc(C[C@H](C)N)c2c1C. The van der Waals surface area contributed by atoms with Crippen molar-refractivity contribution in [1.29, 1.82) is 0 Å². The Morgan fingerprint density at radius 3 is 2.81 bits per heavy atom. The second-order valence-corrected chi connectivity index (χ2v) is 4.31.